The van der Waals surface area contributed by atoms with Gasteiger partial charge in [-0.3, -0.25) is 4.79 Å². The number of aromatic nitrogens is 4. The maximum absolute atomic E-state index is 12.7. The molecular weight excluding hydrogens is 537 g/mol. The van der Waals surface area contributed by atoms with Gasteiger partial charge in [-0.05, 0) is 44.2 Å². The minimum absolute atomic E-state index is 0.00218. The van der Waals surface area contributed by atoms with Gasteiger partial charge in [-0.2, -0.15) is 18.2 Å². The molecule has 1 saturated carbocycles. The number of nitrogens with zero attached hydrogens (tertiary/aromatic N) is 4. The van der Waals surface area contributed by atoms with Gasteiger partial charge in [-0.1, -0.05) is 28.6 Å². The number of aryl methyl sites for hydroxylation is 2. The van der Waals surface area contributed by atoms with Crippen molar-refractivity contribution >= 4 is 44.9 Å². The number of ether oxygens (including phenoxy) is 1. The second-order valence-electron chi connectivity index (χ2n) is 9.25. The summed E-state index contributed by atoms with van der Waals surface area (Å²) in [4.78, 5) is 37.6. The second kappa shape index (κ2) is 10.2. The van der Waals surface area contributed by atoms with Crippen LogP contribution in [0, 0.1) is 19.8 Å². The first kappa shape index (κ1) is 26.5. The van der Waals surface area contributed by atoms with Gasteiger partial charge in [0.25, 0.3) is 0 Å². The molecule has 39 heavy (non-hydrogen) atoms. The number of carbonyl (C=O) groups excluding carboxylic acids is 2. The molecule has 0 radical (unpaired) electrons. The smallest absolute Gasteiger partial charge is 0.425 e. The number of benzene rings is 1. The van der Waals surface area contributed by atoms with E-state index in [1.165, 1.54) is 6.92 Å². The third-order valence-corrected chi connectivity index (χ3v) is 7.41. The van der Waals surface area contributed by atoms with Crippen LogP contribution < -0.4 is 10.6 Å². The maximum atomic E-state index is 12.7. The number of hydrogen-bond acceptors (Lipinski definition) is 10. The summed E-state index contributed by atoms with van der Waals surface area (Å²) in [6.45, 7) is 3.93. The summed E-state index contributed by atoms with van der Waals surface area (Å²) in [5.74, 6) is -0.110. The van der Waals surface area contributed by atoms with Crippen molar-refractivity contribution in [1.29, 1.82) is 0 Å². The fourth-order valence-corrected chi connectivity index (χ4v) is 4.96. The first-order chi connectivity index (χ1) is 18.5. The lowest BCUT2D eigenvalue weighted by Crippen LogP contribution is -2.42. The van der Waals surface area contributed by atoms with Crippen molar-refractivity contribution < 1.29 is 32.0 Å². The van der Waals surface area contributed by atoms with Crippen molar-refractivity contribution in [1.82, 2.24) is 20.1 Å². The number of hydrogen-bond donors (Lipinski definition) is 2. The van der Waals surface area contributed by atoms with E-state index in [1.54, 1.807) is 13.1 Å². The molecule has 2 N–H and O–H groups in total. The molecule has 3 heterocycles. The first-order valence-electron chi connectivity index (χ1n) is 12.0. The minimum Gasteiger partial charge on any atom is -0.449 e. The molecule has 1 aliphatic carbocycles. The number of amides is 1. The molecule has 10 nitrogen and oxygen atoms in total. The Labute approximate surface area is 224 Å². The van der Waals surface area contributed by atoms with Crippen LogP contribution in [0.4, 0.5) is 24.1 Å². The Hall–Kier alpha value is -4.07. The van der Waals surface area contributed by atoms with Crippen LogP contribution in [0.1, 0.15) is 41.0 Å². The molecule has 1 aliphatic rings. The van der Waals surface area contributed by atoms with E-state index in [9.17, 15) is 22.8 Å². The van der Waals surface area contributed by atoms with Crippen LogP contribution in [0.2, 0.25) is 0 Å². The fourth-order valence-electron chi connectivity index (χ4n) is 4.11. The summed E-state index contributed by atoms with van der Waals surface area (Å²) >= 11 is 0.779. The number of carbonyl (C=O) groups is 2. The van der Waals surface area contributed by atoms with Crippen LogP contribution in [-0.2, 0) is 9.53 Å². The highest BCUT2D eigenvalue weighted by atomic mass is 32.1. The quantitative estimate of drug-likeness (QED) is 0.289. The van der Waals surface area contributed by atoms with E-state index in [2.05, 4.69) is 35.5 Å². The molecule has 0 unspecified atom stereocenters. The van der Waals surface area contributed by atoms with Crippen molar-refractivity contribution in [3.05, 3.63) is 46.9 Å². The van der Waals surface area contributed by atoms with Crippen LogP contribution in [0.15, 0.2) is 35.0 Å². The molecular formula is C25H23F3N6O4S. The summed E-state index contributed by atoms with van der Waals surface area (Å²) in [6, 6.07) is 7.68. The van der Waals surface area contributed by atoms with E-state index >= 15 is 0 Å². The van der Waals surface area contributed by atoms with E-state index in [-0.39, 0.29) is 33.6 Å². The molecule has 4 aromatic rings. The number of halogens is 3. The molecule has 3 aromatic heterocycles. The molecule has 0 aliphatic heterocycles. The zero-order valence-electron chi connectivity index (χ0n) is 21.0. The highest BCUT2D eigenvalue weighted by Crippen LogP contribution is 2.35. The molecule has 1 aromatic carbocycles. The van der Waals surface area contributed by atoms with Gasteiger partial charge in [0, 0.05) is 36.0 Å². The van der Waals surface area contributed by atoms with Crippen molar-refractivity contribution in [2.45, 2.75) is 51.9 Å². The summed E-state index contributed by atoms with van der Waals surface area (Å²) in [7, 11) is 0. The van der Waals surface area contributed by atoms with E-state index in [0.29, 0.717) is 30.4 Å². The van der Waals surface area contributed by atoms with E-state index < -0.39 is 18.2 Å². The maximum Gasteiger partial charge on any atom is 0.425 e. The van der Waals surface area contributed by atoms with Crippen LogP contribution in [0.5, 0.6) is 0 Å². The lowest BCUT2D eigenvalue weighted by Gasteiger charge is -2.35. The number of anilines is 2. The lowest BCUT2D eigenvalue weighted by molar-refractivity contribution is -0.198. The molecule has 1 amide bonds. The zero-order chi connectivity index (χ0) is 27.9. The highest BCUT2D eigenvalue weighted by Gasteiger charge is 2.40. The number of esters is 1. The Balaban J connectivity index is 1.19. The Kier molecular flexibility index (Phi) is 6.97. The molecule has 5 rings (SSSR count). The number of nitrogens with one attached hydrogen (secondary N) is 2. The summed E-state index contributed by atoms with van der Waals surface area (Å²) in [6.07, 6.45) is -4.15. The number of alkyl halides is 3. The molecule has 0 spiro atoms. The van der Waals surface area contributed by atoms with Gasteiger partial charge < -0.3 is 19.9 Å². The third-order valence-electron chi connectivity index (χ3n) is 6.36. The Morgan fingerprint density at radius 2 is 1.95 bits per heavy atom. The predicted molar refractivity (Wildman–Crippen MR) is 136 cm³/mol. The van der Waals surface area contributed by atoms with Crippen LogP contribution in [-0.4, -0.2) is 50.3 Å². The van der Waals surface area contributed by atoms with Gasteiger partial charge in [0.2, 0.25) is 17.6 Å². The first-order valence-corrected chi connectivity index (χ1v) is 12.8. The van der Waals surface area contributed by atoms with Crippen molar-refractivity contribution in [3.63, 3.8) is 0 Å². The number of pyridine rings is 1. The largest absolute Gasteiger partial charge is 0.449 e. The highest BCUT2D eigenvalue weighted by molar-refractivity contribution is 7.17. The van der Waals surface area contributed by atoms with Crippen molar-refractivity contribution in [2.75, 3.05) is 10.6 Å². The Morgan fingerprint density at radius 1 is 1.18 bits per heavy atom. The number of fused-ring (bicyclic) bond motifs is 1. The summed E-state index contributed by atoms with van der Waals surface area (Å²) < 4.78 is 47.7. The Bertz CT molecular complexity index is 1550. The van der Waals surface area contributed by atoms with Gasteiger partial charge in [0.15, 0.2) is 11.2 Å². The molecule has 0 bridgehead atoms. The van der Waals surface area contributed by atoms with Crippen LogP contribution in [0.25, 0.3) is 22.2 Å². The van der Waals surface area contributed by atoms with Crippen LogP contribution in [0.3, 0.4) is 0 Å². The fraction of sp³-hybridized carbons (Fsp3) is 0.360. The number of rotatable bonds is 7. The average molecular weight is 561 g/mol. The van der Waals surface area contributed by atoms with Gasteiger partial charge in [0.1, 0.15) is 10.7 Å². The number of thiazole rings is 1. The monoisotopic (exact) mass is 560 g/mol. The molecule has 0 saturated heterocycles. The van der Waals surface area contributed by atoms with Crippen molar-refractivity contribution in [3.8, 4) is 11.4 Å². The Morgan fingerprint density at radius 3 is 2.64 bits per heavy atom. The molecule has 1 fully saturated rings. The van der Waals surface area contributed by atoms with Gasteiger partial charge in [-0.15, -0.1) is 0 Å². The summed E-state index contributed by atoms with van der Waals surface area (Å²) in [5, 5.41) is 12.0. The standard InChI is InChI=1S/C25H23F3N6O4S/c1-11-19(23(36)37-12(2)25(26,27)28)39-24(30-11)33-22(35)16-8-17(9-16)32-21-18-10-15(20-31-13(3)38-34-20)5-4-14(18)6-7-29-21/h4-7,10,12,16-17H,8-9H2,1-3H3,(H,29,32)(H,30,33,35)/t12-,16-,17+/m0/s1. The summed E-state index contributed by atoms with van der Waals surface area (Å²) in [5.41, 5.74) is 0.969. The molecule has 14 heteroatoms. The predicted octanol–water partition coefficient (Wildman–Crippen LogP) is 5.29. The SMILES string of the molecule is Cc1nc(-c2ccc3ccnc(N[C@H]4C[C@@H](C(=O)Nc5nc(C)c(C(=O)O[C@@H](C)C(F)(F)F)s5)C4)c3c2)no1. The molecule has 1 atom stereocenters. The molecule has 204 valence electrons. The normalized spacial score (nSPS) is 17.9. The van der Waals surface area contributed by atoms with Gasteiger partial charge in [0.05, 0.1) is 5.69 Å². The second-order valence-corrected chi connectivity index (χ2v) is 10.3. The van der Waals surface area contributed by atoms with E-state index in [1.807, 2.05) is 24.3 Å². The van der Waals surface area contributed by atoms with Crippen LogP contribution >= 0.6 is 11.3 Å². The van der Waals surface area contributed by atoms with Crippen molar-refractivity contribution in [2.24, 2.45) is 5.92 Å². The average Bonchev–Trinajstić information content (AvgIpc) is 3.45. The minimum atomic E-state index is -4.67. The van der Waals surface area contributed by atoms with E-state index in [4.69, 9.17) is 4.52 Å². The van der Waals surface area contributed by atoms with E-state index in [0.717, 1.165) is 34.6 Å². The van der Waals surface area contributed by atoms with Gasteiger partial charge >= 0.3 is 12.1 Å². The topological polar surface area (TPSA) is 132 Å². The zero-order valence-corrected chi connectivity index (χ0v) is 21.8. The lowest BCUT2D eigenvalue weighted by atomic mass is 9.79. The van der Waals surface area contributed by atoms with Gasteiger partial charge in [-0.25, -0.2) is 14.8 Å². The third kappa shape index (κ3) is 5.70.